The average Bonchev–Trinajstić information content (AvgIpc) is 2.81. The lowest BCUT2D eigenvalue weighted by molar-refractivity contribution is 0.414. The summed E-state index contributed by atoms with van der Waals surface area (Å²) in [5.41, 5.74) is 3.07. The van der Waals surface area contributed by atoms with Crippen LogP contribution in [0.1, 0.15) is 5.69 Å². The van der Waals surface area contributed by atoms with Crippen LogP contribution < -0.4 is 10.1 Å². The van der Waals surface area contributed by atoms with Gasteiger partial charge in [-0.05, 0) is 12.1 Å². The highest BCUT2D eigenvalue weighted by Crippen LogP contribution is 2.21. The molecule has 0 bridgehead atoms. The van der Waals surface area contributed by atoms with Crippen molar-refractivity contribution in [3.05, 3.63) is 40.6 Å². The summed E-state index contributed by atoms with van der Waals surface area (Å²) in [7, 11) is 1.55. The molecule has 1 aromatic heterocycles. The van der Waals surface area contributed by atoms with Gasteiger partial charge in [0, 0.05) is 11.4 Å². The third-order valence-corrected chi connectivity index (χ3v) is 2.75. The van der Waals surface area contributed by atoms with Crippen LogP contribution in [0.4, 0.5) is 10.1 Å². The molecule has 84 valence electrons. The van der Waals surface area contributed by atoms with Crippen molar-refractivity contribution in [2.24, 2.45) is 0 Å². The van der Waals surface area contributed by atoms with E-state index >= 15 is 0 Å². The molecule has 5 heteroatoms. The summed E-state index contributed by atoms with van der Waals surface area (Å²) >= 11 is 1.52. The Balaban J connectivity index is 2.08. The van der Waals surface area contributed by atoms with Crippen LogP contribution in [-0.4, -0.2) is 12.1 Å². The zero-order valence-corrected chi connectivity index (χ0v) is 9.55. The number of anilines is 1. The Morgan fingerprint density at radius 1 is 1.50 bits per heavy atom. The van der Waals surface area contributed by atoms with Crippen molar-refractivity contribution in [2.75, 3.05) is 12.4 Å². The first-order chi connectivity index (χ1) is 7.79. The molecule has 2 aromatic rings. The molecule has 3 nitrogen and oxygen atoms in total. The van der Waals surface area contributed by atoms with Crippen LogP contribution in [0.5, 0.6) is 5.75 Å². The maximum absolute atomic E-state index is 13.4. The van der Waals surface area contributed by atoms with Gasteiger partial charge in [-0.2, -0.15) is 0 Å². The molecule has 0 fully saturated rings. The molecule has 0 aliphatic rings. The van der Waals surface area contributed by atoms with Crippen molar-refractivity contribution in [2.45, 2.75) is 6.54 Å². The van der Waals surface area contributed by atoms with E-state index in [1.807, 2.05) is 5.38 Å². The minimum atomic E-state index is -0.295. The Labute approximate surface area is 96.9 Å². The number of nitrogens with one attached hydrogen (secondary N) is 1. The minimum Gasteiger partial charge on any atom is -0.497 e. The molecule has 0 saturated carbocycles. The van der Waals surface area contributed by atoms with Crippen molar-refractivity contribution in [1.29, 1.82) is 0 Å². The number of thiazole rings is 1. The fraction of sp³-hybridized carbons (Fsp3) is 0.182. The quantitative estimate of drug-likeness (QED) is 0.889. The van der Waals surface area contributed by atoms with E-state index in [0.717, 1.165) is 5.69 Å². The van der Waals surface area contributed by atoms with Gasteiger partial charge in [-0.1, -0.05) is 0 Å². The maximum Gasteiger partial charge on any atom is 0.146 e. The number of hydrogen-bond donors (Lipinski definition) is 1. The standard InChI is InChI=1S/C11H11FN2OS/c1-15-9-2-3-10(12)11(4-9)13-5-8-6-16-7-14-8/h2-4,6-7,13H,5H2,1H3. The van der Waals surface area contributed by atoms with Crippen LogP contribution in [0.15, 0.2) is 29.1 Å². The van der Waals surface area contributed by atoms with Crippen molar-refractivity contribution in [3.63, 3.8) is 0 Å². The van der Waals surface area contributed by atoms with Gasteiger partial charge in [0.15, 0.2) is 0 Å². The molecule has 1 heterocycles. The number of halogens is 1. The van der Waals surface area contributed by atoms with E-state index < -0.39 is 0 Å². The van der Waals surface area contributed by atoms with E-state index in [1.165, 1.54) is 17.4 Å². The summed E-state index contributed by atoms with van der Waals surface area (Å²) in [6.07, 6.45) is 0. The van der Waals surface area contributed by atoms with E-state index in [2.05, 4.69) is 10.3 Å². The molecule has 0 aliphatic heterocycles. The first-order valence-corrected chi connectivity index (χ1v) is 5.68. The molecule has 0 saturated heterocycles. The number of ether oxygens (including phenoxy) is 1. The smallest absolute Gasteiger partial charge is 0.146 e. The van der Waals surface area contributed by atoms with E-state index in [-0.39, 0.29) is 5.82 Å². The number of benzene rings is 1. The summed E-state index contributed by atoms with van der Waals surface area (Å²) < 4.78 is 18.4. The Morgan fingerprint density at radius 2 is 2.38 bits per heavy atom. The van der Waals surface area contributed by atoms with Crippen LogP contribution >= 0.6 is 11.3 Å². The highest BCUT2D eigenvalue weighted by Gasteiger charge is 2.04. The number of rotatable bonds is 4. The second kappa shape index (κ2) is 4.94. The Morgan fingerprint density at radius 3 is 3.06 bits per heavy atom. The van der Waals surface area contributed by atoms with Crippen LogP contribution in [0.25, 0.3) is 0 Å². The monoisotopic (exact) mass is 238 g/mol. The van der Waals surface area contributed by atoms with E-state index in [4.69, 9.17) is 4.74 Å². The lowest BCUT2D eigenvalue weighted by atomic mass is 10.3. The van der Waals surface area contributed by atoms with Gasteiger partial charge in [-0.15, -0.1) is 11.3 Å². The maximum atomic E-state index is 13.4. The summed E-state index contributed by atoms with van der Waals surface area (Å²) in [4.78, 5) is 4.11. The molecule has 0 radical (unpaired) electrons. The fourth-order valence-electron chi connectivity index (χ4n) is 1.28. The van der Waals surface area contributed by atoms with Gasteiger partial charge in [0.1, 0.15) is 11.6 Å². The van der Waals surface area contributed by atoms with E-state index in [0.29, 0.717) is 18.0 Å². The van der Waals surface area contributed by atoms with Crippen molar-refractivity contribution >= 4 is 17.0 Å². The third kappa shape index (κ3) is 2.49. The number of methoxy groups -OCH3 is 1. The lowest BCUT2D eigenvalue weighted by Crippen LogP contribution is -2.01. The zero-order chi connectivity index (χ0) is 11.4. The first kappa shape index (κ1) is 10.9. The molecular weight excluding hydrogens is 227 g/mol. The molecule has 0 unspecified atom stereocenters. The second-order valence-electron chi connectivity index (χ2n) is 3.18. The average molecular weight is 238 g/mol. The largest absolute Gasteiger partial charge is 0.497 e. The molecule has 0 spiro atoms. The van der Waals surface area contributed by atoms with Gasteiger partial charge >= 0.3 is 0 Å². The van der Waals surface area contributed by atoms with Gasteiger partial charge in [0.05, 0.1) is 30.5 Å². The van der Waals surface area contributed by atoms with Gasteiger partial charge in [0.2, 0.25) is 0 Å². The highest BCUT2D eigenvalue weighted by molar-refractivity contribution is 7.07. The van der Waals surface area contributed by atoms with Crippen LogP contribution in [0, 0.1) is 5.82 Å². The van der Waals surface area contributed by atoms with E-state index in [1.54, 1.807) is 24.8 Å². The molecular formula is C11H11FN2OS. The SMILES string of the molecule is COc1ccc(F)c(NCc2cscn2)c1. The summed E-state index contributed by atoms with van der Waals surface area (Å²) in [6.45, 7) is 0.508. The summed E-state index contributed by atoms with van der Waals surface area (Å²) in [6, 6.07) is 4.59. The third-order valence-electron chi connectivity index (χ3n) is 2.12. The molecule has 1 N–H and O–H groups in total. The molecule has 1 aromatic carbocycles. The molecule has 2 rings (SSSR count). The zero-order valence-electron chi connectivity index (χ0n) is 8.74. The van der Waals surface area contributed by atoms with Crippen molar-refractivity contribution in [1.82, 2.24) is 4.98 Å². The predicted molar refractivity (Wildman–Crippen MR) is 62.4 cm³/mol. The number of hydrogen-bond acceptors (Lipinski definition) is 4. The van der Waals surface area contributed by atoms with Crippen LogP contribution in [0.2, 0.25) is 0 Å². The molecule has 16 heavy (non-hydrogen) atoms. The fourth-order valence-corrected chi connectivity index (χ4v) is 1.84. The Hall–Kier alpha value is -1.62. The Bertz CT molecular complexity index is 459. The molecule has 0 amide bonds. The molecule has 0 atom stereocenters. The van der Waals surface area contributed by atoms with Crippen LogP contribution in [0.3, 0.4) is 0 Å². The van der Waals surface area contributed by atoms with Gasteiger partial charge in [-0.3, -0.25) is 0 Å². The van der Waals surface area contributed by atoms with Gasteiger partial charge in [-0.25, -0.2) is 9.37 Å². The number of aromatic nitrogens is 1. The predicted octanol–water partition coefficient (Wildman–Crippen LogP) is 2.90. The number of nitrogens with zero attached hydrogens (tertiary/aromatic N) is 1. The summed E-state index contributed by atoms with van der Waals surface area (Å²) in [5.74, 6) is 0.332. The Kier molecular flexibility index (Phi) is 3.36. The summed E-state index contributed by atoms with van der Waals surface area (Å²) in [5, 5.41) is 4.90. The van der Waals surface area contributed by atoms with Crippen molar-refractivity contribution < 1.29 is 9.13 Å². The second-order valence-corrected chi connectivity index (χ2v) is 3.90. The van der Waals surface area contributed by atoms with Crippen molar-refractivity contribution in [3.8, 4) is 5.75 Å². The minimum absolute atomic E-state index is 0.295. The van der Waals surface area contributed by atoms with Gasteiger partial charge < -0.3 is 10.1 Å². The van der Waals surface area contributed by atoms with E-state index in [9.17, 15) is 4.39 Å². The first-order valence-electron chi connectivity index (χ1n) is 4.74. The topological polar surface area (TPSA) is 34.1 Å². The van der Waals surface area contributed by atoms with Crippen LogP contribution in [-0.2, 0) is 6.54 Å². The highest BCUT2D eigenvalue weighted by atomic mass is 32.1. The lowest BCUT2D eigenvalue weighted by Gasteiger charge is -2.07. The molecule has 0 aliphatic carbocycles. The van der Waals surface area contributed by atoms with Gasteiger partial charge in [0.25, 0.3) is 0 Å². The normalized spacial score (nSPS) is 10.1.